The van der Waals surface area contributed by atoms with E-state index >= 15 is 0 Å². The lowest BCUT2D eigenvalue weighted by Crippen LogP contribution is -1.87. The fourth-order valence-electron chi connectivity index (χ4n) is 0.504. The van der Waals surface area contributed by atoms with Gasteiger partial charge in [-0.1, -0.05) is 25.5 Å². The Morgan fingerprint density at radius 3 is 2.78 bits per heavy atom. The van der Waals surface area contributed by atoms with Crippen LogP contribution in [0.4, 0.5) is 0 Å². The summed E-state index contributed by atoms with van der Waals surface area (Å²) in [7, 11) is 0. The first-order valence-electron chi connectivity index (χ1n) is 3.43. The predicted molar refractivity (Wildman–Crippen MR) is 40.2 cm³/mol. The van der Waals surface area contributed by atoms with Crippen molar-refractivity contribution >= 4 is 0 Å². The Bertz CT molecular complexity index is 67.0. The van der Waals surface area contributed by atoms with Crippen molar-refractivity contribution in [2.24, 2.45) is 0 Å². The van der Waals surface area contributed by atoms with Gasteiger partial charge in [0, 0.05) is 6.61 Å². The van der Waals surface area contributed by atoms with E-state index in [-0.39, 0.29) is 0 Å². The van der Waals surface area contributed by atoms with Crippen LogP contribution in [0.1, 0.15) is 19.8 Å². The van der Waals surface area contributed by atoms with Crippen LogP contribution >= 0.6 is 0 Å². The molecule has 0 bridgehead atoms. The zero-order valence-electron chi connectivity index (χ0n) is 6.10. The molecule has 0 fully saturated rings. The number of unbranched alkanes of at least 4 members (excludes halogenated alkanes) is 1. The summed E-state index contributed by atoms with van der Waals surface area (Å²) in [4.78, 5) is 0. The molecule has 0 atom stereocenters. The summed E-state index contributed by atoms with van der Waals surface area (Å²) in [6, 6.07) is 0. The van der Waals surface area contributed by atoms with Crippen LogP contribution in [0.5, 0.6) is 0 Å². The molecule has 0 N–H and O–H groups in total. The molecule has 0 aliphatic heterocycles. The lowest BCUT2D eigenvalue weighted by molar-refractivity contribution is 0.192. The molecule has 0 aromatic heterocycles. The molecule has 0 amide bonds. The molecular weight excluding hydrogens is 112 g/mol. The first-order valence-corrected chi connectivity index (χ1v) is 3.43. The summed E-state index contributed by atoms with van der Waals surface area (Å²) in [6.07, 6.45) is 6.53. The Morgan fingerprint density at radius 2 is 2.22 bits per heavy atom. The Hall–Kier alpha value is -0.300. The van der Waals surface area contributed by atoms with Crippen LogP contribution in [0.3, 0.4) is 0 Å². The van der Waals surface area contributed by atoms with Gasteiger partial charge in [-0.3, -0.25) is 0 Å². The van der Waals surface area contributed by atoms with E-state index in [0.717, 1.165) is 6.42 Å². The molecular formula is C8H15O. The molecule has 1 heteroatoms. The lowest BCUT2D eigenvalue weighted by atomic mass is 10.3. The quantitative estimate of drug-likeness (QED) is 0.406. The van der Waals surface area contributed by atoms with Crippen LogP contribution in [-0.4, -0.2) is 13.2 Å². The minimum atomic E-state index is 0.566. The van der Waals surface area contributed by atoms with E-state index in [1.165, 1.54) is 6.42 Å². The third kappa shape index (κ3) is 7.70. The van der Waals surface area contributed by atoms with Crippen LogP contribution in [0.2, 0.25) is 0 Å². The molecule has 9 heavy (non-hydrogen) atoms. The second-order valence-corrected chi connectivity index (χ2v) is 1.83. The zero-order chi connectivity index (χ0) is 6.95. The predicted octanol–water partition coefficient (Wildman–Crippen LogP) is 2.19. The van der Waals surface area contributed by atoms with Gasteiger partial charge in [-0.25, -0.2) is 0 Å². The molecule has 53 valence electrons. The van der Waals surface area contributed by atoms with E-state index in [1.807, 2.05) is 6.08 Å². The fourth-order valence-corrected chi connectivity index (χ4v) is 0.504. The maximum Gasteiger partial charge on any atom is 0.0647 e. The van der Waals surface area contributed by atoms with Crippen molar-refractivity contribution in [2.75, 3.05) is 13.2 Å². The second-order valence-electron chi connectivity index (χ2n) is 1.83. The molecule has 1 radical (unpaired) electrons. The molecule has 0 heterocycles. The average Bonchev–Trinajstić information content (AvgIpc) is 1.89. The number of allylic oxidation sites excluding steroid dienone is 1. The number of ether oxygens (including phenoxy) is 1. The third-order valence-corrected chi connectivity index (χ3v) is 0.980. The van der Waals surface area contributed by atoms with E-state index < -0.39 is 0 Å². The highest BCUT2D eigenvalue weighted by molar-refractivity contribution is 4.80. The number of hydrogen-bond acceptors (Lipinski definition) is 1. The molecule has 0 aromatic rings. The van der Waals surface area contributed by atoms with E-state index in [1.54, 1.807) is 0 Å². The van der Waals surface area contributed by atoms with Crippen molar-refractivity contribution in [2.45, 2.75) is 19.8 Å². The second kappa shape index (κ2) is 7.70. The first kappa shape index (κ1) is 8.70. The lowest BCUT2D eigenvalue weighted by Gasteiger charge is -1.91. The minimum absolute atomic E-state index is 0.566. The van der Waals surface area contributed by atoms with Crippen LogP contribution in [-0.2, 0) is 4.74 Å². The Kier molecular flexibility index (Phi) is 7.44. The molecule has 1 nitrogen and oxygen atoms in total. The molecule has 0 aliphatic rings. The van der Waals surface area contributed by atoms with Crippen LogP contribution in [0.25, 0.3) is 0 Å². The van der Waals surface area contributed by atoms with Gasteiger partial charge in [-0.2, -0.15) is 0 Å². The molecule has 0 spiro atoms. The molecule has 0 saturated carbocycles. The SMILES string of the molecule is [CH2]COC/C=C/CCC. The van der Waals surface area contributed by atoms with Gasteiger partial charge in [0.15, 0.2) is 0 Å². The van der Waals surface area contributed by atoms with E-state index in [0.29, 0.717) is 13.2 Å². The highest BCUT2D eigenvalue weighted by atomic mass is 16.5. The maximum atomic E-state index is 4.98. The van der Waals surface area contributed by atoms with Gasteiger partial charge < -0.3 is 4.74 Å². The van der Waals surface area contributed by atoms with Gasteiger partial charge >= 0.3 is 0 Å². The smallest absolute Gasteiger partial charge is 0.0647 e. The molecule has 0 aliphatic carbocycles. The van der Waals surface area contributed by atoms with Crippen LogP contribution in [0.15, 0.2) is 12.2 Å². The topological polar surface area (TPSA) is 9.23 Å². The van der Waals surface area contributed by atoms with Crippen molar-refractivity contribution in [3.05, 3.63) is 19.1 Å². The van der Waals surface area contributed by atoms with Crippen LogP contribution < -0.4 is 0 Å². The van der Waals surface area contributed by atoms with E-state index in [4.69, 9.17) is 4.74 Å². The normalized spacial score (nSPS) is 10.9. The highest BCUT2D eigenvalue weighted by Crippen LogP contribution is 1.87. The first-order chi connectivity index (χ1) is 4.41. The Morgan fingerprint density at radius 1 is 1.44 bits per heavy atom. The molecule has 0 rings (SSSR count). The summed E-state index contributed by atoms with van der Waals surface area (Å²) in [5.74, 6) is 0. The summed E-state index contributed by atoms with van der Waals surface area (Å²) < 4.78 is 4.98. The highest BCUT2D eigenvalue weighted by Gasteiger charge is 1.74. The molecule has 0 unspecified atom stereocenters. The number of rotatable bonds is 5. The molecule has 0 aromatic carbocycles. The third-order valence-electron chi connectivity index (χ3n) is 0.980. The van der Waals surface area contributed by atoms with E-state index in [2.05, 4.69) is 19.9 Å². The van der Waals surface area contributed by atoms with Gasteiger partial charge in [0.25, 0.3) is 0 Å². The summed E-state index contributed by atoms with van der Waals surface area (Å²) in [5, 5.41) is 0. The van der Waals surface area contributed by atoms with Crippen molar-refractivity contribution < 1.29 is 4.74 Å². The van der Waals surface area contributed by atoms with Gasteiger partial charge in [-0.05, 0) is 13.3 Å². The van der Waals surface area contributed by atoms with Crippen molar-refractivity contribution in [3.8, 4) is 0 Å². The standard InChI is InChI=1S/C8H15O/c1-3-5-6-7-8-9-4-2/h6-7H,2-5,8H2,1H3/b7-6+. The van der Waals surface area contributed by atoms with Crippen molar-refractivity contribution in [1.82, 2.24) is 0 Å². The monoisotopic (exact) mass is 127 g/mol. The van der Waals surface area contributed by atoms with E-state index in [9.17, 15) is 0 Å². The zero-order valence-corrected chi connectivity index (χ0v) is 6.10. The van der Waals surface area contributed by atoms with Gasteiger partial charge in [-0.15, -0.1) is 0 Å². The summed E-state index contributed by atoms with van der Waals surface area (Å²) in [5.41, 5.74) is 0. The van der Waals surface area contributed by atoms with Crippen molar-refractivity contribution in [1.29, 1.82) is 0 Å². The summed E-state index contributed by atoms with van der Waals surface area (Å²) in [6.45, 7) is 6.98. The maximum absolute atomic E-state index is 4.98. The Balaban J connectivity index is 2.86. The van der Waals surface area contributed by atoms with Gasteiger partial charge in [0.1, 0.15) is 0 Å². The average molecular weight is 127 g/mol. The number of hydrogen-bond donors (Lipinski definition) is 0. The minimum Gasteiger partial charge on any atom is -0.377 e. The fraction of sp³-hybridized carbons (Fsp3) is 0.625. The van der Waals surface area contributed by atoms with Crippen LogP contribution in [0, 0.1) is 6.92 Å². The van der Waals surface area contributed by atoms with Gasteiger partial charge in [0.2, 0.25) is 0 Å². The van der Waals surface area contributed by atoms with Gasteiger partial charge in [0.05, 0.1) is 6.61 Å². The Labute approximate surface area is 57.7 Å². The van der Waals surface area contributed by atoms with Crippen molar-refractivity contribution in [3.63, 3.8) is 0 Å². The largest absolute Gasteiger partial charge is 0.377 e. The molecule has 0 saturated heterocycles. The summed E-state index contributed by atoms with van der Waals surface area (Å²) >= 11 is 0.